The van der Waals surface area contributed by atoms with Crippen molar-refractivity contribution in [1.82, 2.24) is 20.9 Å². The minimum atomic E-state index is -0.0548. The van der Waals surface area contributed by atoms with E-state index in [1.807, 2.05) is 31.2 Å². The van der Waals surface area contributed by atoms with Crippen LogP contribution in [0.4, 0.5) is 0 Å². The summed E-state index contributed by atoms with van der Waals surface area (Å²) in [6, 6.07) is 7.57. The van der Waals surface area contributed by atoms with E-state index in [0.717, 1.165) is 50.9 Å². The lowest BCUT2D eigenvalue weighted by molar-refractivity contribution is 0.0389. The van der Waals surface area contributed by atoms with Gasteiger partial charge in [-0.3, -0.25) is 14.7 Å². The minimum absolute atomic E-state index is 0.0548. The van der Waals surface area contributed by atoms with Crippen LogP contribution in [0.15, 0.2) is 29.3 Å². The van der Waals surface area contributed by atoms with Crippen molar-refractivity contribution >= 4 is 11.9 Å². The van der Waals surface area contributed by atoms with Gasteiger partial charge in [0.2, 0.25) is 0 Å². The van der Waals surface area contributed by atoms with E-state index in [0.29, 0.717) is 18.7 Å². The molecule has 1 aliphatic heterocycles. The number of carbonyl (C=O) groups excluding carboxylic acids is 1. The average Bonchev–Trinajstić information content (AvgIpc) is 2.64. The van der Waals surface area contributed by atoms with Crippen molar-refractivity contribution in [2.75, 3.05) is 59.5 Å². The summed E-state index contributed by atoms with van der Waals surface area (Å²) in [6.45, 7) is 8.53. The minimum Gasteiger partial charge on any atom is -0.379 e. The topological polar surface area (TPSA) is 78.0 Å². The highest BCUT2D eigenvalue weighted by Gasteiger charge is 2.09. The van der Waals surface area contributed by atoms with Crippen molar-refractivity contribution in [3.8, 4) is 0 Å². The molecule has 1 saturated heterocycles. The predicted molar refractivity (Wildman–Crippen MR) is 100 cm³/mol. The van der Waals surface area contributed by atoms with Crippen LogP contribution in [-0.2, 0) is 4.74 Å². The van der Waals surface area contributed by atoms with Crippen LogP contribution in [0, 0.1) is 6.92 Å². The molecule has 2 rings (SSSR count). The maximum atomic E-state index is 12.1. The first-order chi connectivity index (χ1) is 12.2. The summed E-state index contributed by atoms with van der Waals surface area (Å²) < 4.78 is 5.34. The van der Waals surface area contributed by atoms with Crippen LogP contribution in [0.3, 0.4) is 0 Å². The lowest BCUT2D eigenvalue weighted by Crippen LogP contribution is -2.45. The number of nitrogens with zero attached hydrogens (tertiary/aromatic N) is 2. The second-order valence-electron chi connectivity index (χ2n) is 6.01. The van der Waals surface area contributed by atoms with Gasteiger partial charge >= 0.3 is 0 Å². The van der Waals surface area contributed by atoms with Gasteiger partial charge in [0.25, 0.3) is 5.91 Å². The molecule has 0 saturated carbocycles. The quantitative estimate of drug-likeness (QED) is 0.374. The fraction of sp³-hybridized carbons (Fsp3) is 0.556. The Morgan fingerprint density at radius 2 is 1.88 bits per heavy atom. The van der Waals surface area contributed by atoms with Crippen LogP contribution in [0.5, 0.6) is 0 Å². The molecule has 7 nitrogen and oxygen atoms in total. The van der Waals surface area contributed by atoms with Gasteiger partial charge in [0.15, 0.2) is 5.96 Å². The van der Waals surface area contributed by atoms with Gasteiger partial charge < -0.3 is 20.7 Å². The van der Waals surface area contributed by atoms with E-state index in [4.69, 9.17) is 4.74 Å². The van der Waals surface area contributed by atoms with E-state index in [-0.39, 0.29) is 5.91 Å². The van der Waals surface area contributed by atoms with Crippen LogP contribution in [0.2, 0.25) is 0 Å². The van der Waals surface area contributed by atoms with Crippen LogP contribution in [0.1, 0.15) is 15.9 Å². The summed E-state index contributed by atoms with van der Waals surface area (Å²) in [4.78, 5) is 18.6. The third-order valence-electron chi connectivity index (χ3n) is 4.03. The molecule has 0 bridgehead atoms. The Hall–Kier alpha value is -2.12. The van der Waals surface area contributed by atoms with Gasteiger partial charge in [-0.25, -0.2) is 0 Å². The SMILES string of the molecule is CN=C(NCCNC(=O)c1cccc(C)c1)NCCN1CCOCC1. The molecule has 1 aliphatic rings. The fourth-order valence-electron chi connectivity index (χ4n) is 2.62. The summed E-state index contributed by atoms with van der Waals surface area (Å²) in [7, 11) is 1.75. The second-order valence-corrected chi connectivity index (χ2v) is 6.01. The van der Waals surface area contributed by atoms with Crippen LogP contribution < -0.4 is 16.0 Å². The first kappa shape index (κ1) is 19.2. The summed E-state index contributed by atoms with van der Waals surface area (Å²) >= 11 is 0. The smallest absolute Gasteiger partial charge is 0.251 e. The third kappa shape index (κ3) is 7.11. The molecule has 0 aromatic heterocycles. The van der Waals surface area contributed by atoms with E-state index >= 15 is 0 Å². The van der Waals surface area contributed by atoms with Crippen molar-refractivity contribution in [1.29, 1.82) is 0 Å². The first-order valence-corrected chi connectivity index (χ1v) is 8.78. The number of carbonyl (C=O) groups is 1. The molecule has 0 radical (unpaired) electrons. The number of morpholine rings is 1. The molecule has 0 unspecified atom stereocenters. The largest absolute Gasteiger partial charge is 0.379 e. The van der Waals surface area contributed by atoms with E-state index in [1.54, 1.807) is 7.05 Å². The number of ether oxygens (including phenoxy) is 1. The number of hydrogen-bond acceptors (Lipinski definition) is 4. The van der Waals surface area contributed by atoms with Crippen molar-refractivity contribution in [3.63, 3.8) is 0 Å². The number of hydrogen-bond donors (Lipinski definition) is 3. The molecule has 0 spiro atoms. The average molecular weight is 347 g/mol. The third-order valence-corrected chi connectivity index (χ3v) is 4.03. The van der Waals surface area contributed by atoms with E-state index < -0.39 is 0 Å². The highest BCUT2D eigenvalue weighted by molar-refractivity contribution is 5.94. The Morgan fingerprint density at radius 1 is 1.16 bits per heavy atom. The molecule has 7 heteroatoms. The highest BCUT2D eigenvalue weighted by atomic mass is 16.5. The molecular weight excluding hydrogens is 318 g/mol. The summed E-state index contributed by atoms with van der Waals surface area (Å²) in [5, 5.41) is 9.40. The molecule has 138 valence electrons. The molecule has 1 heterocycles. The van der Waals surface area contributed by atoms with Crippen molar-refractivity contribution < 1.29 is 9.53 Å². The standard InChI is InChI=1S/C18H29N5O2/c1-15-4-3-5-16(14-15)17(24)20-6-7-21-18(19-2)22-8-9-23-10-12-25-13-11-23/h3-5,14H,6-13H2,1-2H3,(H,20,24)(H2,19,21,22). The van der Waals surface area contributed by atoms with Gasteiger partial charge in [0.1, 0.15) is 0 Å². The number of aliphatic imine (C=N–C) groups is 1. The van der Waals surface area contributed by atoms with Gasteiger partial charge in [-0.05, 0) is 19.1 Å². The molecule has 0 atom stereocenters. The monoisotopic (exact) mass is 347 g/mol. The van der Waals surface area contributed by atoms with Gasteiger partial charge in [-0.2, -0.15) is 0 Å². The second kappa shape index (κ2) is 10.7. The number of nitrogens with one attached hydrogen (secondary N) is 3. The summed E-state index contributed by atoms with van der Waals surface area (Å²) in [6.07, 6.45) is 0. The molecule has 1 amide bonds. The zero-order chi connectivity index (χ0) is 17.9. The number of amides is 1. The Bertz CT molecular complexity index is 570. The maximum Gasteiger partial charge on any atom is 0.251 e. The van der Waals surface area contributed by atoms with E-state index in [9.17, 15) is 4.79 Å². The van der Waals surface area contributed by atoms with Crippen molar-refractivity contribution in [2.24, 2.45) is 4.99 Å². The molecular formula is C18H29N5O2. The zero-order valence-electron chi connectivity index (χ0n) is 15.2. The molecule has 1 fully saturated rings. The van der Waals surface area contributed by atoms with Crippen LogP contribution in [0.25, 0.3) is 0 Å². The van der Waals surface area contributed by atoms with Crippen LogP contribution in [-0.4, -0.2) is 76.3 Å². The predicted octanol–water partition coefficient (Wildman–Crippen LogP) is 0.222. The molecule has 0 aliphatic carbocycles. The van der Waals surface area contributed by atoms with E-state index in [2.05, 4.69) is 25.8 Å². The fourth-order valence-corrected chi connectivity index (χ4v) is 2.62. The van der Waals surface area contributed by atoms with Gasteiger partial charge in [-0.15, -0.1) is 0 Å². The van der Waals surface area contributed by atoms with Gasteiger partial charge in [-0.1, -0.05) is 17.7 Å². The Labute approximate surface area is 149 Å². The summed E-state index contributed by atoms with van der Waals surface area (Å²) in [5.74, 6) is 0.693. The molecule has 3 N–H and O–H groups in total. The van der Waals surface area contributed by atoms with Gasteiger partial charge in [0, 0.05) is 51.9 Å². The lowest BCUT2D eigenvalue weighted by atomic mass is 10.1. The zero-order valence-corrected chi connectivity index (χ0v) is 15.2. The van der Waals surface area contributed by atoms with Crippen molar-refractivity contribution in [3.05, 3.63) is 35.4 Å². The maximum absolute atomic E-state index is 12.1. The number of rotatable bonds is 7. The Morgan fingerprint density at radius 3 is 2.60 bits per heavy atom. The number of aryl methyl sites for hydroxylation is 1. The first-order valence-electron chi connectivity index (χ1n) is 8.78. The molecule has 25 heavy (non-hydrogen) atoms. The van der Waals surface area contributed by atoms with E-state index in [1.165, 1.54) is 0 Å². The van der Waals surface area contributed by atoms with Crippen molar-refractivity contribution in [2.45, 2.75) is 6.92 Å². The normalized spacial score (nSPS) is 15.7. The van der Waals surface area contributed by atoms with Gasteiger partial charge in [0.05, 0.1) is 13.2 Å². The number of benzene rings is 1. The molecule has 1 aromatic rings. The Balaban J connectivity index is 1.59. The molecule has 1 aromatic carbocycles. The highest BCUT2D eigenvalue weighted by Crippen LogP contribution is 2.03. The number of guanidine groups is 1. The Kier molecular flexibility index (Phi) is 8.21. The lowest BCUT2D eigenvalue weighted by Gasteiger charge is -2.26. The van der Waals surface area contributed by atoms with Crippen LogP contribution >= 0.6 is 0 Å². The summed E-state index contributed by atoms with van der Waals surface area (Å²) in [5.41, 5.74) is 1.77.